The number of benzene rings is 2. The lowest BCUT2D eigenvalue weighted by Gasteiger charge is -2.28. The first-order chi connectivity index (χ1) is 15.6. The Hall–Kier alpha value is -3.63. The van der Waals surface area contributed by atoms with Gasteiger partial charge in [-0.1, -0.05) is 24.0 Å². The van der Waals surface area contributed by atoms with Gasteiger partial charge in [0, 0.05) is 47.2 Å². The van der Waals surface area contributed by atoms with E-state index >= 15 is 0 Å². The number of halogens is 4. The number of rotatable bonds is 7. The summed E-state index contributed by atoms with van der Waals surface area (Å²) in [5.41, 5.74) is -0.811. The highest BCUT2D eigenvalue weighted by molar-refractivity contribution is 5.78. The van der Waals surface area contributed by atoms with Gasteiger partial charge in [-0.05, 0) is 50.0 Å². The molecule has 3 rings (SSSR count). The van der Waals surface area contributed by atoms with Gasteiger partial charge in [0.05, 0.1) is 11.9 Å². The molecule has 170 valence electrons. The Morgan fingerprint density at radius 2 is 1.97 bits per heavy atom. The van der Waals surface area contributed by atoms with Crippen LogP contribution in [0.3, 0.4) is 0 Å². The topological polar surface area (TPSA) is 45.7 Å². The Morgan fingerprint density at radius 1 is 1.18 bits per heavy atom. The number of aliphatic hydroxyl groups is 1. The average Bonchev–Trinajstić information content (AvgIpc) is 3.18. The molecule has 0 saturated heterocycles. The molecule has 1 N–H and O–H groups in total. The zero-order chi connectivity index (χ0) is 24.1. The van der Waals surface area contributed by atoms with Crippen LogP contribution in [-0.2, 0) is 5.60 Å². The molecule has 1 heterocycles. The Kier molecular flexibility index (Phi) is 7.19. The molecule has 0 aliphatic carbocycles. The Balaban J connectivity index is 1.70. The van der Waals surface area contributed by atoms with Crippen LogP contribution in [0.1, 0.15) is 30.9 Å². The second kappa shape index (κ2) is 9.88. The number of nitrogens with zero attached hydrogens (tertiary/aromatic N) is 1. The maximum Gasteiger partial charge on any atom is 0.254 e. The van der Waals surface area contributed by atoms with E-state index < -0.39 is 41.6 Å². The molecule has 1 unspecified atom stereocenters. The van der Waals surface area contributed by atoms with Crippen LogP contribution >= 0.6 is 0 Å². The summed E-state index contributed by atoms with van der Waals surface area (Å²) in [4.78, 5) is 3.64. The third-order valence-corrected chi connectivity index (χ3v) is 4.86. The van der Waals surface area contributed by atoms with Crippen molar-refractivity contribution in [3.63, 3.8) is 0 Å². The molecule has 0 aliphatic rings. The molecule has 3 aromatic rings. The van der Waals surface area contributed by atoms with E-state index in [1.807, 2.05) is 6.07 Å². The number of allylic oxidation sites excluding steroid dienone is 3. The van der Waals surface area contributed by atoms with E-state index in [-0.39, 0.29) is 0 Å². The number of fused-ring (bicyclic) bond motifs is 1. The van der Waals surface area contributed by atoms with Gasteiger partial charge >= 0.3 is 0 Å². The first-order valence-electron chi connectivity index (χ1n) is 9.97. The molecule has 3 nitrogen and oxygen atoms in total. The number of furan rings is 1. The van der Waals surface area contributed by atoms with E-state index in [1.54, 1.807) is 24.5 Å². The van der Waals surface area contributed by atoms with E-state index in [2.05, 4.69) is 23.6 Å². The summed E-state index contributed by atoms with van der Waals surface area (Å²) in [5, 5.41) is 11.3. The van der Waals surface area contributed by atoms with Crippen molar-refractivity contribution in [1.29, 1.82) is 0 Å². The van der Waals surface area contributed by atoms with Gasteiger partial charge in [-0.3, -0.25) is 4.99 Å². The highest BCUT2D eigenvalue weighted by Gasteiger charge is 2.39. The second-order valence-corrected chi connectivity index (χ2v) is 7.73. The van der Waals surface area contributed by atoms with Crippen LogP contribution in [0.25, 0.3) is 11.0 Å². The molecule has 7 heteroatoms. The summed E-state index contributed by atoms with van der Waals surface area (Å²) in [6, 6.07) is 9.60. The zero-order valence-corrected chi connectivity index (χ0v) is 17.8. The first-order valence-corrected chi connectivity index (χ1v) is 9.97. The van der Waals surface area contributed by atoms with Crippen molar-refractivity contribution in [2.24, 2.45) is 4.99 Å². The van der Waals surface area contributed by atoms with Gasteiger partial charge in [-0.15, -0.1) is 0 Å². The molecule has 0 amide bonds. The van der Waals surface area contributed by atoms with Gasteiger partial charge in [-0.2, -0.15) is 0 Å². The molecular weight excluding hydrogens is 434 g/mol. The monoisotopic (exact) mass is 455 g/mol. The van der Waals surface area contributed by atoms with Crippen molar-refractivity contribution in [3.05, 3.63) is 95.4 Å². The summed E-state index contributed by atoms with van der Waals surface area (Å²) >= 11 is 0. The van der Waals surface area contributed by atoms with Gasteiger partial charge in [0.25, 0.3) is 5.92 Å². The maximum atomic E-state index is 14.5. The standard InChI is InChI=1S/C26H21F4NO2/c1-25(32,22-9-8-21(27)15-23(22)28)17-26(29,30)12-3-4-19(16-31-2)6-5-18-7-10-24-20(14-18)11-13-33-24/h3-4,7-11,13-16,32H,2,12,17H2,1H3/b4-3-,19-16+. The molecule has 33 heavy (non-hydrogen) atoms. The fourth-order valence-corrected chi connectivity index (χ4v) is 3.36. The van der Waals surface area contributed by atoms with Crippen molar-refractivity contribution in [1.82, 2.24) is 0 Å². The normalized spacial score (nSPS) is 14.2. The van der Waals surface area contributed by atoms with Crippen LogP contribution in [0, 0.1) is 23.5 Å². The molecule has 1 aromatic heterocycles. The molecule has 0 fully saturated rings. The van der Waals surface area contributed by atoms with Crippen molar-refractivity contribution in [2.75, 3.05) is 0 Å². The van der Waals surface area contributed by atoms with E-state index in [4.69, 9.17) is 4.42 Å². The summed E-state index contributed by atoms with van der Waals surface area (Å²) in [6.07, 6.45) is 3.69. The minimum absolute atomic E-state index is 0.351. The van der Waals surface area contributed by atoms with E-state index in [0.29, 0.717) is 17.2 Å². The molecule has 0 spiro atoms. The van der Waals surface area contributed by atoms with Crippen LogP contribution < -0.4 is 0 Å². The smallest absolute Gasteiger partial charge is 0.254 e. The SMILES string of the molecule is C=N/C=C(C#Cc1ccc2occc2c1)\C=C/CC(F)(F)CC(C)(O)c1ccc(F)cc1F. The number of alkyl halides is 2. The second-order valence-electron chi connectivity index (χ2n) is 7.73. The Morgan fingerprint density at radius 3 is 2.70 bits per heavy atom. The van der Waals surface area contributed by atoms with E-state index in [9.17, 15) is 22.7 Å². The molecule has 0 radical (unpaired) electrons. The van der Waals surface area contributed by atoms with Crippen molar-refractivity contribution in [2.45, 2.75) is 31.3 Å². The van der Waals surface area contributed by atoms with Gasteiger partial charge in [0.15, 0.2) is 0 Å². The Bertz CT molecular complexity index is 1280. The maximum absolute atomic E-state index is 14.5. The predicted octanol–water partition coefficient (Wildman–Crippen LogP) is 6.53. The summed E-state index contributed by atoms with van der Waals surface area (Å²) in [6.45, 7) is 4.42. The lowest BCUT2D eigenvalue weighted by molar-refractivity contribution is -0.0836. The zero-order valence-electron chi connectivity index (χ0n) is 17.8. The van der Waals surface area contributed by atoms with Gasteiger partial charge in [0.1, 0.15) is 17.2 Å². The third-order valence-electron chi connectivity index (χ3n) is 4.86. The van der Waals surface area contributed by atoms with Crippen LogP contribution in [0.5, 0.6) is 0 Å². The Labute approximate surface area is 188 Å². The van der Waals surface area contributed by atoms with Crippen molar-refractivity contribution >= 4 is 17.7 Å². The molecule has 2 aromatic carbocycles. The number of hydrogen-bond acceptors (Lipinski definition) is 3. The van der Waals surface area contributed by atoms with Crippen LogP contribution in [0.15, 0.2) is 82.1 Å². The third kappa shape index (κ3) is 6.43. The van der Waals surface area contributed by atoms with E-state index in [1.165, 1.54) is 18.4 Å². The fourth-order valence-electron chi connectivity index (χ4n) is 3.36. The van der Waals surface area contributed by atoms with Gasteiger partial charge in [-0.25, -0.2) is 17.6 Å². The average molecular weight is 455 g/mol. The van der Waals surface area contributed by atoms with Gasteiger partial charge in [0.2, 0.25) is 0 Å². The van der Waals surface area contributed by atoms with Crippen LogP contribution in [0.2, 0.25) is 0 Å². The number of hydrogen-bond donors (Lipinski definition) is 1. The summed E-state index contributed by atoms with van der Waals surface area (Å²) in [5.74, 6) is 0.466. The molecular formula is C26H21F4NO2. The van der Waals surface area contributed by atoms with Crippen molar-refractivity contribution in [3.8, 4) is 11.8 Å². The summed E-state index contributed by atoms with van der Waals surface area (Å²) in [7, 11) is 0. The minimum Gasteiger partial charge on any atom is -0.464 e. The summed E-state index contributed by atoms with van der Waals surface area (Å²) < 4.78 is 61.3. The molecule has 0 saturated carbocycles. The highest BCUT2D eigenvalue weighted by Crippen LogP contribution is 2.37. The largest absolute Gasteiger partial charge is 0.464 e. The van der Waals surface area contributed by atoms with Gasteiger partial charge < -0.3 is 9.52 Å². The molecule has 1 atom stereocenters. The predicted molar refractivity (Wildman–Crippen MR) is 120 cm³/mol. The van der Waals surface area contributed by atoms with Crippen molar-refractivity contribution < 1.29 is 27.1 Å². The fraction of sp³-hybridized carbons (Fsp3) is 0.192. The molecule has 0 bridgehead atoms. The van der Waals surface area contributed by atoms with Crippen LogP contribution in [-0.4, -0.2) is 17.7 Å². The van der Waals surface area contributed by atoms with E-state index in [0.717, 1.165) is 30.0 Å². The molecule has 0 aliphatic heterocycles. The first kappa shape index (κ1) is 24.0. The lowest BCUT2D eigenvalue weighted by Crippen LogP contribution is -2.32. The minimum atomic E-state index is -3.37. The highest BCUT2D eigenvalue weighted by atomic mass is 19.3. The lowest BCUT2D eigenvalue weighted by atomic mass is 9.88. The quantitative estimate of drug-likeness (QED) is 0.191. The number of aliphatic imine (C=N–C) groups is 1. The van der Waals surface area contributed by atoms with Crippen LogP contribution in [0.4, 0.5) is 17.6 Å².